The van der Waals surface area contributed by atoms with Crippen LogP contribution in [-0.4, -0.2) is 16.3 Å². The Balaban J connectivity index is 0. The largest absolute Gasteiger partial charge is 0.692 e. The van der Waals surface area contributed by atoms with Gasteiger partial charge in [-0.15, -0.1) is 9.79 Å². The van der Waals surface area contributed by atoms with Gasteiger partial charge in [0, 0.05) is 4.57 Å². The summed E-state index contributed by atoms with van der Waals surface area (Å²) in [7, 11) is -2.87. The second kappa shape index (κ2) is 11.7. The average molecular weight is 168 g/mol. The van der Waals surface area contributed by atoms with Gasteiger partial charge in [0.25, 0.3) is 0 Å². The maximum Gasteiger partial charge on any atom is 0.692 e. The number of nitrogens with two attached hydrogens (primary N) is 1. The van der Waals surface area contributed by atoms with E-state index < -0.39 is 8.25 Å². The fourth-order valence-electron chi connectivity index (χ4n) is 0.394. The van der Waals surface area contributed by atoms with E-state index >= 15 is 0 Å². The van der Waals surface area contributed by atoms with Gasteiger partial charge < -0.3 is 5.73 Å². The third kappa shape index (κ3) is 43.8. The molecule has 0 bridgehead atoms. The van der Waals surface area contributed by atoms with Crippen molar-refractivity contribution in [2.75, 3.05) is 6.54 Å². The van der Waals surface area contributed by atoms with E-state index in [-0.39, 0.29) is 0 Å². The van der Waals surface area contributed by atoms with Crippen LogP contribution in [0, 0.1) is 0 Å². The van der Waals surface area contributed by atoms with Gasteiger partial charge in [-0.3, -0.25) is 0 Å². The lowest BCUT2D eigenvalue weighted by Crippen LogP contribution is -1.96. The fraction of sp³-hybridized carbons (Fsp3) is 1.00. The van der Waals surface area contributed by atoms with Gasteiger partial charge in [-0.25, -0.2) is 0 Å². The summed E-state index contributed by atoms with van der Waals surface area (Å²) in [6, 6.07) is 0. The van der Waals surface area contributed by atoms with Gasteiger partial charge in [-0.1, -0.05) is 19.8 Å². The molecule has 0 amide bonds. The van der Waals surface area contributed by atoms with Crippen molar-refractivity contribution in [2.24, 2.45) is 5.73 Å². The molecule has 62 valence electrons. The summed E-state index contributed by atoms with van der Waals surface area (Å²) in [6.45, 7) is 3.03. The number of hydrogen-bond acceptors (Lipinski definition) is 2. The predicted octanol–water partition coefficient (Wildman–Crippen LogP) is 0.764. The first-order valence-corrected chi connectivity index (χ1v) is 4.36. The highest BCUT2D eigenvalue weighted by Crippen LogP contribution is 1.98. The minimum Gasteiger partial charge on any atom is -0.330 e. The van der Waals surface area contributed by atoms with Crippen LogP contribution in [0.2, 0.25) is 0 Å². The highest BCUT2D eigenvalue weighted by atomic mass is 31.1. The van der Waals surface area contributed by atoms with E-state index in [1.54, 1.807) is 0 Å². The van der Waals surface area contributed by atoms with Crippen LogP contribution in [-0.2, 0) is 4.57 Å². The van der Waals surface area contributed by atoms with Crippen molar-refractivity contribution in [1.82, 2.24) is 0 Å². The molecule has 0 heterocycles. The molecule has 0 rings (SSSR count). The van der Waals surface area contributed by atoms with E-state index in [2.05, 4.69) is 6.92 Å². The van der Waals surface area contributed by atoms with Crippen LogP contribution < -0.4 is 5.73 Å². The number of hydrogen-bond donors (Lipinski definition) is 3. The average Bonchev–Trinajstić information content (AvgIpc) is 1.82. The van der Waals surface area contributed by atoms with Crippen LogP contribution in [0.4, 0.5) is 0 Å². The van der Waals surface area contributed by atoms with Crippen LogP contribution in [0.3, 0.4) is 0 Å². The lowest BCUT2D eigenvalue weighted by Gasteiger charge is -1.86. The second-order valence-electron chi connectivity index (χ2n) is 1.75. The Kier molecular flexibility index (Phi) is 14.8. The standard InChI is InChI=1S/C5H13N.HO3P/c1-2-3-4-5-6;1-4(2)3/h2-6H2,1H3;(H-,1,2,3)/p+1. The first kappa shape index (κ1) is 12.6. The van der Waals surface area contributed by atoms with Crippen molar-refractivity contribution in [1.29, 1.82) is 0 Å². The summed E-state index contributed by atoms with van der Waals surface area (Å²) in [6.07, 6.45) is 3.75. The Hall–Kier alpha value is -0.0200. The molecule has 4 nitrogen and oxygen atoms in total. The summed E-state index contributed by atoms with van der Waals surface area (Å²) < 4.78 is 8.70. The van der Waals surface area contributed by atoms with E-state index in [0.29, 0.717) is 0 Å². The lowest BCUT2D eigenvalue weighted by atomic mass is 10.3. The lowest BCUT2D eigenvalue weighted by molar-refractivity contribution is 0.405. The number of rotatable bonds is 3. The van der Waals surface area contributed by atoms with Crippen LogP contribution >= 0.6 is 8.25 Å². The smallest absolute Gasteiger partial charge is 0.330 e. The highest BCUT2D eigenvalue weighted by molar-refractivity contribution is 7.30. The summed E-state index contributed by atoms with van der Waals surface area (Å²) in [5.41, 5.74) is 5.21. The summed E-state index contributed by atoms with van der Waals surface area (Å²) in [4.78, 5) is 14.2. The first-order valence-electron chi connectivity index (χ1n) is 3.20. The minimum atomic E-state index is -2.87. The third-order valence-corrected chi connectivity index (χ3v) is 0.808. The zero-order valence-electron chi connectivity index (χ0n) is 6.16. The monoisotopic (exact) mass is 168 g/mol. The van der Waals surface area contributed by atoms with Crippen LogP contribution in [0.1, 0.15) is 26.2 Å². The third-order valence-electron chi connectivity index (χ3n) is 0.808. The minimum absolute atomic E-state index is 0.855. The fourth-order valence-corrected chi connectivity index (χ4v) is 0.394. The topological polar surface area (TPSA) is 83.6 Å². The van der Waals surface area contributed by atoms with Crippen LogP contribution in [0.15, 0.2) is 0 Å². The molecule has 0 aromatic carbocycles. The maximum atomic E-state index is 8.70. The van der Waals surface area contributed by atoms with Crippen molar-refractivity contribution in [3.8, 4) is 0 Å². The van der Waals surface area contributed by atoms with Crippen molar-refractivity contribution in [3.63, 3.8) is 0 Å². The van der Waals surface area contributed by atoms with Crippen molar-refractivity contribution in [2.45, 2.75) is 26.2 Å². The van der Waals surface area contributed by atoms with Gasteiger partial charge in [-0.05, 0) is 13.0 Å². The van der Waals surface area contributed by atoms with E-state index in [9.17, 15) is 0 Å². The summed E-state index contributed by atoms with van der Waals surface area (Å²) >= 11 is 0. The van der Waals surface area contributed by atoms with Crippen LogP contribution in [0.5, 0.6) is 0 Å². The van der Waals surface area contributed by atoms with E-state index in [1.807, 2.05) is 0 Å². The zero-order chi connectivity index (χ0) is 8.41. The normalized spacial score (nSPS) is 8.00. The molecule has 0 fully saturated rings. The maximum absolute atomic E-state index is 8.70. The highest BCUT2D eigenvalue weighted by Gasteiger charge is 1.93. The predicted molar refractivity (Wildman–Crippen MR) is 40.6 cm³/mol. The second-order valence-corrected chi connectivity index (χ2v) is 2.25. The Morgan fingerprint density at radius 2 is 1.80 bits per heavy atom. The molecule has 0 spiro atoms. The van der Waals surface area contributed by atoms with Gasteiger partial charge in [0.15, 0.2) is 0 Å². The molecular formula is C5H15NO3P+. The summed E-state index contributed by atoms with van der Waals surface area (Å²) in [5.74, 6) is 0. The Morgan fingerprint density at radius 1 is 1.40 bits per heavy atom. The Labute approximate surface area is 62.0 Å². The molecule has 0 radical (unpaired) electrons. The van der Waals surface area contributed by atoms with Gasteiger partial charge in [-0.2, -0.15) is 0 Å². The number of unbranched alkanes of at least 4 members (excludes halogenated alkanes) is 2. The van der Waals surface area contributed by atoms with Crippen molar-refractivity contribution < 1.29 is 14.4 Å². The quantitative estimate of drug-likeness (QED) is 0.429. The molecule has 0 aliphatic rings. The molecule has 10 heavy (non-hydrogen) atoms. The first-order chi connectivity index (χ1) is 4.65. The SMILES string of the molecule is CCCCCN.O=[P+](O)O. The van der Waals surface area contributed by atoms with Crippen molar-refractivity contribution in [3.05, 3.63) is 0 Å². The molecular weight excluding hydrogens is 153 g/mol. The molecule has 0 saturated carbocycles. The Morgan fingerprint density at radius 3 is 1.90 bits per heavy atom. The molecule has 0 saturated heterocycles. The van der Waals surface area contributed by atoms with Crippen molar-refractivity contribution >= 4 is 8.25 Å². The van der Waals surface area contributed by atoms with Crippen LogP contribution in [0.25, 0.3) is 0 Å². The summed E-state index contributed by atoms with van der Waals surface area (Å²) in [5, 5.41) is 0. The molecule has 0 atom stereocenters. The molecule has 0 aromatic rings. The molecule has 0 aliphatic carbocycles. The van der Waals surface area contributed by atoms with Gasteiger partial charge >= 0.3 is 8.25 Å². The molecule has 0 aliphatic heterocycles. The van der Waals surface area contributed by atoms with Gasteiger partial charge in [0.05, 0.1) is 0 Å². The van der Waals surface area contributed by atoms with Gasteiger partial charge in [0.1, 0.15) is 0 Å². The Bertz CT molecular complexity index is 71.3. The molecule has 0 aromatic heterocycles. The van der Waals surface area contributed by atoms with E-state index in [0.717, 1.165) is 6.54 Å². The molecule has 4 N–H and O–H groups in total. The molecule has 0 unspecified atom stereocenters. The van der Waals surface area contributed by atoms with Gasteiger partial charge in [0.2, 0.25) is 0 Å². The molecule has 5 heteroatoms. The zero-order valence-corrected chi connectivity index (χ0v) is 7.05. The van der Waals surface area contributed by atoms with E-state index in [1.165, 1.54) is 19.3 Å². The van der Waals surface area contributed by atoms with E-state index in [4.69, 9.17) is 20.1 Å².